The summed E-state index contributed by atoms with van der Waals surface area (Å²) in [5, 5.41) is 2.88. The summed E-state index contributed by atoms with van der Waals surface area (Å²) in [5.41, 5.74) is 1.32. The number of nitrogens with zero attached hydrogens (tertiary/aromatic N) is 2. The zero-order chi connectivity index (χ0) is 19.4. The Bertz CT molecular complexity index is 698. The van der Waals surface area contributed by atoms with Crippen molar-refractivity contribution in [1.82, 2.24) is 4.90 Å². The fraction of sp³-hybridized carbons (Fsp3) is 0.550. The highest BCUT2D eigenvalue weighted by atomic mass is 16.6. The molecule has 0 bridgehead atoms. The molecule has 0 unspecified atom stereocenters. The van der Waals surface area contributed by atoms with E-state index < -0.39 is 6.09 Å². The van der Waals surface area contributed by atoms with Crippen molar-refractivity contribution < 1.29 is 19.1 Å². The highest BCUT2D eigenvalue weighted by Gasteiger charge is 2.38. The lowest BCUT2D eigenvalue weighted by Gasteiger charge is -2.23. The normalized spacial score (nSPS) is 20.0. The summed E-state index contributed by atoms with van der Waals surface area (Å²) in [5.74, 6) is -0.344. The minimum absolute atomic E-state index is 0.0912. The maximum absolute atomic E-state index is 12.6. The number of anilines is 2. The molecule has 0 spiro atoms. The third kappa shape index (κ3) is 4.40. The van der Waals surface area contributed by atoms with E-state index in [1.54, 1.807) is 38.2 Å². The predicted octanol–water partition coefficient (Wildman–Crippen LogP) is 3.01. The molecule has 27 heavy (non-hydrogen) atoms. The smallest absolute Gasteiger partial charge is 0.413 e. The van der Waals surface area contributed by atoms with Crippen molar-refractivity contribution in [3.63, 3.8) is 0 Å². The predicted molar refractivity (Wildman–Crippen MR) is 103 cm³/mol. The van der Waals surface area contributed by atoms with Crippen LogP contribution in [0, 0.1) is 5.92 Å². The molecule has 1 N–H and O–H groups in total. The van der Waals surface area contributed by atoms with Gasteiger partial charge in [0.15, 0.2) is 0 Å². The van der Waals surface area contributed by atoms with Gasteiger partial charge in [-0.25, -0.2) is 4.79 Å². The second-order valence-electron chi connectivity index (χ2n) is 7.18. The van der Waals surface area contributed by atoms with Gasteiger partial charge in [0.2, 0.25) is 11.8 Å². The van der Waals surface area contributed by atoms with Crippen molar-refractivity contribution in [2.45, 2.75) is 45.1 Å². The van der Waals surface area contributed by atoms with Gasteiger partial charge in [0.05, 0.1) is 12.5 Å². The van der Waals surface area contributed by atoms with Crippen molar-refractivity contribution in [1.29, 1.82) is 0 Å². The molecule has 1 heterocycles. The molecule has 1 atom stereocenters. The van der Waals surface area contributed by atoms with Crippen LogP contribution in [0.4, 0.5) is 16.2 Å². The summed E-state index contributed by atoms with van der Waals surface area (Å²) in [6, 6.07) is 7.30. The van der Waals surface area contributed by atoms with E-state index in [9.17, 15) is 14.4 Å². The Morgan fingerprint density at radius 2 is 1.89 bits per heavy atom. The van der Waals surface area contributed by atoms with Crippen molar-refractivity contribution >= 4 is 29.3 Å². The van der Waals surface area contributed by atoms with Crippen LogP contribution in [0.15, 0.2) is 24.3 Å². The molecule has 1 aliphatic heterocycles. The first-order chi connectivity index (χ1) is 13.0. The number of nitrogens with one attached hydrogen (secondary N) is 1. The number of hydrogen-bond acceptors (Lipinski definition) is 4. The molecule has 2 fully saturated rings. The zero-order valence-corrected chi connectivity index (χ0v) is 15.9. The number of likely N-dealkylation sites (tertiary alicyclic amines) is 1. The van der Waals surface area contributed by atoms with Gasteiger partial charge in [0.1, 0.15) is 0 Å². The van der Waals surface area contributed by atoms with Gasteiger partial charge in [-0.1, -0.05) is 12.8 Å². The number of benzene rings is 1. The van der Waals surface area contributed by atoms with Gasteiger partial charge < -0.3 is 15.0 Å². The standard InChI is InChI=1S/C20H27N3O4/c1-3-27-20(26)22(2)16-10-8-15(9-11-16)21-19(25)14-12-18(24)23(13-14)17-6-4-5-7-17/h8-11,14,17H,3-7,12-13H2,1-2H3,(H,21,25)/t14-/m0/s1. The van der Waals surface area contributed by atoms with E-state index in [-0.39, 0.29) is 24.2 Å². The second kappa shape index (κ2) is 8.41. The summed E-state index contributed by atoms with van der Waals surface area (Å²) in [6.07, 6.45) is 4.29. The Morgan fingerprint density at radius 3 is 2.52 bits per heavy atom. The SMILES string of the molecule is CCOC(=O)N(C)c1ccc(NC(=O)[C@H]2CC(=O)N(C3CCCC3)C2)cc1. The monoisotopic (exact) mass is 373 g/mol. The van der Waals surface area contributed by atoms with E-state index in [1.807, 2.05) is 4.90 Å². The molecule has 0 radical (unpaired) electrons. The van der Waals surface area contributed by atoms with Crippen molar-refractivity contribution in [3.05, 3.63) is 24.3 Å². The summed E-state index contributed by atoms with van der Waals surface area (Å²) in [4.78, 5) is 39.9. The first-order valence-corrected chi connectivity index (χ1v) is 9.60. The van der Waals surface area contributed by atoms with Crippen LogP contribution >= 0.6 is 0 Å². The Hall–Kier alpha value is -2.57. The van der Waals surface area contributed by atoms with Gasteiger partial charge in [-0.15, -0.1) is 0 Å². The maximum Gasteiger partial charge on any atom is 0.413 e. The third-order valence-corrected chi connectivity index (χ3v) is 5.36. The number of carbonyl (C=O) groups is 3. The fourth-order valence-corrected chi connectivity index (χ4v) is 3.81. The molecule has 3 amide bonds. The number of hydrogen-bond donors (Lipinski definition) is 1. The van der Waals surface area contributed by atoms with E-state index in [0.29, 0.717) is 30.6 Å². The second-order valence-corrected chi connectivity index (χ2v) is 7.18. The molecule has 1 aromatic carbocycles. The van der Waals surface area contributed by atoms with Gasteiger partial charge in [0, 0.05) is 37.4 Å². The molecule has 7 heteroatoms. The van der Waals surface area contributed by atoms with Crippen LogP contribution in [0.2, 0.25) is 0 Å². The highest BCUT2D eigenvalue weighted by molar-refractivity contribution is 5.97. The van der Waals surface area contributed by atoms with E-state index in [0.717, 1.165) is 25.7 Å². The van der Waals surface area contributed by atoms with Gasteiger partial charge in [-0.2, -0.15) is 0 Å². The molecule has 1 saturated heterocycles. The van der Waals surface area contributed by atoms with E-state index >= 15 is 0 Å². The number of ether oxygens (including phenoxy) is 1. The van der Waals surface area contributed by atoms with E-state index in [2.05, 4.69) is 5.32 Å². The lowest BCUT2D eigenvalue weighted by Crippen LogP contribution is -2.35. The topological polar surface area (TPSA) is 79.0 Å². The lowest BCUT2D eigenvalue weighted by molar-refractivity contribution is -0.129. The Balaban J connectivity index is 1.56. The summed E-state index contributed by atoms with van der Waals surface area (Å²) in [7, 11) is 1.63. The molecule has 1 aromatic rings. The van der Waals surface area contributed by atoms with Crippen molar-refractivity contribution in [2.24, 2.45) is 5.92 Å². The minimum Gasteiger partial charge on any atom is -0.449 e. The molecular weight excluding hydrogens is 346 g/mol. The van der Waals surface area contributed by atoms with E-state index in [1.165, 1.54) is 4.90 Å². The largest absolute Gasteiger partial charge is 0.449 e. The fourth-order valence-electron chi connectivity index (χ4n) is 3.81. The number of carbonyl (C=O) groups excluding carboxylic acids is 3. The summed E-state index contributed by atoms with van der Waals surface area (Å²) in [6.45, 7) is 2.58. The molecule has 7 nitrogen and oxygen atoms in total. The Morgan fingerprint density at radius 1 is 1.22 bits per heavy atom. The van der Waals surface area contributed by atoms with Gasteiger partial charge >= 0.3 is 6.09 Å². The Labute approximate surface area is 159 Å². The van der Waals surface area contributed by atoms with Crippen LogP contribution in [-0.2, 0) is 14.3 Å². The molecule has 3 rings (SSSR count). The molecular formula is C20H27N3O4. The Kier molecular flexibility index (Phi) is 5.98. The average molecular weight is 373 g/mol. The van der Waals surface area contributed by atoms with Gasteiger partial charge in [-0.3, -0.25) is 14.5 Å². The first-order valence-electron chi connectivity index (χ1n) is 9.60. The number of amides is 3. The quantitative estimate of drug-likeness (QED) is 0.860. The molecule has 1 saturated carbocycles. The minimum atomic E-state index is -0.425. The molecule has 2 aliphatic rings. The van der Waals surface area contributed by atoms with Crippen LogP contribution in [0.5, 0.6) is 0 Å². The van der Waals surface area contributed by atoms with Crippen LogP contribution in [0.3, 0.4) is 0 Å². The number of rotatable bonds is 5. The average Bonchev–Trinajstić information content (AvgIpc) is 3.31. The van der Waals surface area contributed by atoms with Crippen molar-refractivity contribution in [3.8, 4) is 0 Å². The first kappa shape index (κ1) is 19.2. The van der Waals surface area contributed by atoms with E-state index in [4.69, 9.17) is 4.74 Å². The highest BCUT2D eigenvalue weighted by Crippen LogP contribution is 2.30. The summed E-state index contributed by atoms with van der Waals surface area (Å²) < 4.78 is 4.96. The molecule has 0 aromatic heterocycles. The van der Waals surface area contributed by atoms with Crippen LogP contribution in [0.1, 0.15) is 39.0 Å². The van der Waals surface area contributed by atoms with Crippen LogP contribution < -0.4 is 10.2 Å². The van der Waals surface area contributed by atoms with Gasteiger partial charge in [0.25, 0.3) is 0 Å². The summed E-state index contributed by atoms with van der Waals surface area (Å²) >= 11 is 0. The van der Waals surface area contributed by atoms with Crippen LogP contribution in [0.25, 0.3) is 0 Å². The molecule has 1 aliphatic carbocycles. The van der Waals surface area contributed by atoms with Gasteiger partial charge in [-0.05, 0) is 44.0 Å². The van der Waals surface area contributed by atoms with Crippen LogP contribution in [-0.4, -0.2) is 49.0 Å². The maximum atomic E-state index is 12.6. The lowest BCUT2D eigenvalue weighted by atomic mass is 10.1. The zero-order valence-electron chi connectivity index (χ0n) is 15.9. The third-order valence-electron chi connectivity index (χ3n) is 5.36. The van der Waals surface area contributed by atoms with Crippen molar-refractivity contribution in [2.75, 3.05) is 30.4 Å². The molecule has 146 valence electrons.